The van der Waals surface area contributed by atoms with E-state index < -0.39 is 52.1 Å². The van der Waals surface area contributed by atoms with Crippen LogP contribution in [0.1, 0.15) is 55.5 Å². The van der Waals surface area contributed by atoms with Crippen LogP contribution in [0.3, 0.4) is 0 Å². The molecule has 3 N–H and O–H groups in total. The number of aromatic nitrogens is 1. The number of halogens is 5. The van der Waals surface area contributed by atoms with Crippen molar-refractivity contribution in [2.24, 2.45) is 5.92 Å². The fraction of sp³-hybridized carbons (Fsp3) is 0.290. The third-order valence-corrected chi connectivity index (χ3v) is 8.12. The molecule has 2 aliphatic rings. The lowest BCUT2D eigenvalue weighted by atomic mass is 9.91. The summed E-state index contributed by atoms with van der Waals surface area (Å²) in [4.78, 5) is 43.8. The van der Waals surface area contributed by atoms with Gasteiger partial charge in [0.05, 0.1) is 28.0 Å². The molecule has 0 unspecified atom stereocenters. The summed E-state index contributed by atoms with van der Waals surface area (Å²) in [6, 6.07) is 9.15. The summed E-state index contributed by atoms with van der Waals surface area (Å²) >= 11 is 5.82. The quantitative estimate of drug-likeness (QED) is 0.256. The van der Waals surface area contributed by atoms with Crippen molar-refractivity contribution in [3.8, 4) is 11.1 Å². The van der Waals surface area contributed by atoms with Gasteiger partial charge in [0, 0.05) is 41.5 Å². The third kappa shape index (κ3) is 6.40. The highest BCUT2D eigenvalue weighted by Gasteiger charge is 2.38. The smallest absolute Gasteiger partial charge is 0.417 e. The number of carboxylic acid groups (broad SMARTS) is 1. The Balaban J connectivity index is 1.54. The normalized spacial score (nSPS) is 19.2. The van der Waals surface area contributed by atoms with Crippen LogP contribution >= 0.6 is 11.6 Å². The van der Waals surface area contributed by atoms with Crippen LogP contribution in [-0.4, -0.2) is 39.4 Å². The van der Waals surface area contributed by atoms with Gasteiger partial charge in [-0.3, -0.25) is 19.9 Å². The van der Waals surface area contributed by atoms with Crippen molar-refractivity contribution in [3.63, 3.8) is 0 Å². The zero-order valence-electron chi connectivity index (χ0n) is 23.3. The van der Waals surface area contributed by atoms with Crippen LogP contribution in [0.5, 0.6) is 0 Å². The van der Waals surface area contributed by atoms with E-state index in [0.29, 0.717) is 47.8 Å². The van der Waals surface area contributed by atoms with Crippen LogP contribution in [0.2, 0.25) is 5.02 Å². The van der Waals surface area contributed by atoms with Crippen molar-refractivity contribution in [1.29, 1.82) is 0 Å². The lowest BCUT2D eigenvalue weighted by Crippen LogP contribution is -2.38. The highest BCUT2D eigenvalue weighted by atomic mass is 35.5. The lowest BCUT2D eigenvalue weighted by Gasteiger charge is -2.35. The number of hydrogen-bond donors (Lipinski definition) is 3. The molecule has 0 aliphatic carbocycles. The first-order valence-corrected chi connectivity index (χ1v) is 14.2. The van der Waals surface area contributed by atoms with E-state index in [-0.39, 0.29) is 30.1 Å². The first-order valence-electron chi connectivity index (χ1n) is 13.8. The van der Waals surface area contributed by atoms with Gasteiger partial charge in [-0.25, -0.2) is 9.18 Å². The number of carbonyl (C=O) groups is 3. The molecule has 2 atom stereocenters. The number of rotatable bonds is 3. The topological polar surface area (TPSA) is 112 Å². The number of nitrogens with zero attached hydrogens (tertiary/aromatic N) is 2. The number of amides is 3. The predicted molar refractivity (Wildman–Crippen MR) is 156 cm³/mol. The zero-order chi connectivity index (χ0) is 31.8. The maximum Gasteiger partial charge on any atom is 0.417 e. The molecule has 0 saturated carbocycles. The van der Waals surface area contributed by atoms with Gasteiger partial charge in [-0.1, -0.05) is 31.0 Å². The van der Waals surface area contributed by atoms with Gasteiger partial charge in [-0.05, 0) is 66.8 Å². The minimum atomic E-state index is -4.86. The zero-order valence-corrected chi connectivity index (χ0v) is 24.1. The molecule has 3 heterocycles. The average molecular weight is 631 g/mol. The van der Waals surface area contributed by atoms with Gasteiger partial charge in [0.25, 0.3) is 0 Å². The second-order valence-corrected chi connectivity index (χ2v) is 11.1. The average Bonchev–Trinajstić information content (AvgIpc) is 2.95. The Hall–Kier alpha value is -4.45. The van der Waals surface area contributed by atoms with Gasteiger partial charge in [0.1, 0.15) is 5.82 Å². The van der Waals surface area contributed by atoms with E-state index in [4.69, 9.17) is 16.7 Å². The number of alkyl halides is 3. The Morgan fingerprint density at radius 2 is 1.91 bits per heavy atom. The summed E-state index contributed by atoms with van der Waals surface area (Å²) in [7, 11) is 0. The maximum absolute atomic E-state index is 15.0. The molecule has 13 heteroatoms. The summed E-state index contributed by atoms with van der Waals surface area (Å²) in [6.45, 7) is 1.76. The van der Waals surface area contributed by atoms with E-state index in [2.05, 4.69) is 15.6 Å². The molecule has 44 heavy (non-hydrogen) atoms. The van der Waals surface area contributed by atoms with E-state index in [1.807, 2.05) is 0 Å². The van der Waals surface area contributed by atoms with Crippen LogP contribution in [0.25, 0.3) is 16.7 Å². The lowest BCUT2D eigenvalue weighted by molar-refractivity contribution is -0.138. The summed E-state index contributed by atoms with van der Waals surface area (Å²) < 4.78 is 56.2. The van der Waals surface area contributed by atoms with Gasteiger partial charge in [-0.2, -0.15) is 13.2 Å². The molecule has 2 bridgehead atoms. The Morgan fingerprint density at radius 1 is 1.14 bits per heavy atom. The van der Waals surface area contributed by atoms with Crippen molar-refractivity contribution < 1.29 is 37.1 Å². The number of fused-ring (bicyclic) bond motifs is 4. The van der Waals surface area contributed by atoms with Crippen LogP contribution in [0.4, 0.5) is 33.7 Å². The second-order valence-electron chi connectivity index (χ2n) is 10.7. The predicted octanol–water partition coefficient (Wildman–Crippen LogP) is 7.77. The number of pyridine rings is 1. The largest absolute Gasteiger partial charge is 0.465 e. The summed E-state index contributed by atoms with van der Waals surface area (Å²) in [5, 5.41) is 13.8. The molecule has 230 valence electrons. The fourth-order valence-electron chi connectivity index (χ4n) is 5.63. The molecular weight excluding hydrogens is 604 g/mol. The number of carbonyl (C=O) groups excluding carboxylic acids is 2. The first-order chi connectivity index (χ1) is 20.8. The molecule has 1 aromatic heterocycles. The number of nitrogens with one attached hydrogen (secondary N) is 2. The highest BCUT2D eigenvalue weighted by Crippen LogP contribution is 2.42. The summed E-state index contributed by atoms with van der Waals surface area (Å²) in [5.41, 5.74) is 0.358. The molecule has 8 nitrogen and oxygen atoms in total. The second kappa shape index (κ2) is 12.3. The van der Waals surface area contributed by atoms with Crippen LogP contribution in [0, 0.1) is 11.7 Å². The minimum absolute atomic E-state index is 0.00133. The highest BCUT2D eigenvalue weighted by molar-refractivity contribution is 6.31. The summed E-state index contributed by atoms with van der Waals surface area (Å²) in [5.74, 6) is -2.53. The Kier molecular flexibility index (Phi) is 8.64. The van der Waals surface area contributed by atoms with Crippen molar-refractivity contribution >= 4 is 46.5 Å². The van der Waals surface area contributed by atoms with Gasteiger partial charge >= 0.3 is 12.3 Å². The van der Waals surface area contributed by atoms with Crippen molar-refractivity contribution in [1.82, 2.24) is 9.88 Å². The molecular formula is C31H27ClF4N4O4. The molecule has 0 fully saturated rings. The number of benzene rings is 2. The molecule has 3 amide bonds. The van der Waals surface area contributed by atoms with Gasteiger partial charge in [0.15, 0.2) is 0 Å². The van der Waals surface area contributed by atoms with Crippen LogP contribution < -0.4 is 10.6 Å². The fourth-order valence-corrected chi connectivity index (χ4v) is 5.79. The molecule has 0 saturated heterocycles. The van der Waals surface area contributed by atoms with Crippen molar-refractivity contribution in [3.05, 3.63) is 82.4 Å². The molecule has 3 aromatic rings. The van der Waals surface area contributed by atoms with E-state index in [1.54, 1.807) is 37.4 Å². The summed E-state index contributed by atoms with van der Waals surface area (Å²) in [6.07, 6.45) is -2.22. The van der Waals surface area contributed by atoms with Gasteiger partial charge in [0.2, 0.25) is 11.8 Å². The Morgan fingerprint density at radius 3 is 2.61 bits per heavy atom. The molecule has 0 radical (unpaired) electrons. The Labute approximate surface area is 254 Å². The molecule has 2 aliphatic heterocycles. The van der Waals surface area contributed by atoms with Crippen LogP contribution in [0.15, 0.2) is 54.7 Å². The molecule has 5 rings (SSSR count). The molecule has 2 aromatic carbocycles. The standard InChI is InChI=1S/C31H27ClF4N4O4/c1-16-3-2-4-25(40-12-10-18(14-26(40)41)27-21(31(34,35)36)7-8-22(32)28(27)33)24-13-17(9-11-37-24)20-6-5-19(38-30(43)44)15-23(20)39-29(16)42/h5-9,11,13-16,25,38H,2-4,10,12H2,1H3,(H,39,42)(H,43,44)/t16-,25+/m1/s1. The van der Waals surface area contributed by atoms with E-state index in [9.17, 15) is 31.9 Å². The third-order valence-electron chi connectivity index (χ3n) is 7.82. The maximum atomic E-state index is 15.0. The van der Waals surface area contributed by atoms with E-state index in [1.165, 1.54) is 11.0 Å². The van der Waals surface area contributed by atoms with Gasteiger partial charge < -0.3 is 15.3 Å². The number of anilines is 2. The SMILES string of the molecule is C[C@@H]1CCC[C@H](N2CCC(c3c(C(F)(F)F)ccc(Cl)c3F)=CC2=O)c2cc(ccn2)-c2ccc(NC(=O)O)cc2NC1=O. The molecule has 0 spiro atoms. The van der Waals surface area contributed by atoms with E-state index in [0.717, 1.165) is 12.1 Å². The van der Waals surface area contributed by atoms with Crippen molar-refractivity contribution in [2.75, 3.05) is 17.2 Å². The van der Waals surface area contributed by atoms with Gasteiger partial charge in [-0.15, -0.1) is 0 Å². The first kappa shape index (κ1) is 31.0. The minimum Gasteiger partial charge on any atom is -0.465 e. The Bertz CT molecular complexity index is 1680. The van der Waals surface area contributed by atoms with Crippen molar-refractivity contribution in [2.45, 2.75) is 44.8 Å². The monoisotopic (exact) mass is 630 g/mol. The number of hydrogen-bond acceptors (Lipinski definition) is 4. The van der Waals surface area contributed by atoms with Crippen LogP contribution in [-0.2, 0) is 15.8 Å². The van der Waals surface area contributed by atoms with E-state index >= 15 is 0 Å².